The second-order valence-electron chi connectivity index (χ2n) is 5.42. The summed E-state index contributed by atoms with van der Waals surface area (Å²) in [5.41, 5.74) is 3.15. The van der Waals surface area contributed by atoms with Gasteiger partial charge in [0.1, 0.15) is 12.4 Å². The first-order valence-electron chi connectivity index (χ1n) is 7.26. The van der Waals surface area contributed by atoms with Crippen molar-refractivity contribution in [1.82, 2.24) is 14.8 Å². The molecule has 1 aliphatic rings. The number of fused-ring (bicyclic) bond motifs is 3. The molecule has 0 saturated heterocycles. The van der Waals surface area contributed by atoms with Gasteiger partial charge in [0.2, 0.25) is 0 Å². The van der Waals surface area contributed by atoms with Crippen LogP contribution in [0.5, 0.6) is 0 Å². The normalized spacial score (nSPS) is 13.1. The molecule has 4 nitrogen and oxygen atoms in total. The lowest BCUT2D eigenvalue weighted by Crippen LogP contribution is -2.09. The Hall–Kier alpha value is -1.88. The lowest BCUT2D eigenvalue weighted by molar-refractivity contribution is 0.862. The van der Waals surface area contributed by atoms with Crippen molar-refractivity contribution in [2.75, 3.05) is 0 Å². The van der Waals surface area contributed by atoms with Crippen LogP contribution in [0.25, 0.3) is 5.69 Å². The Morgan fingerprint density at radius 1 is 1.00 bits per heavy atom. The highest BCUT2D eigenvalue weighted by atomic mass is 35.5. The fourth-order valence-electron chi connectivity index (χ4n) is 2.89. The quantitative estimate of drug-likeness (QED) is 0.606. The van der Waals surface area contributed by atoms with Crippen LogP contribution in [0.4, 0.5) is 0 Å². The Morgan fingerprint density at radius 2 is 1.75 bits per heavy atom. The Morgan fingerprint density at radius 3 is 2.50 bits per heavy atom. The Bertz CT molecular complexity index is 971. The number of benzene rings is 2. The van der Waals surface area contributed by atoms with Gasteiger partial charge in [-0.2, -0.15) is 0 Å². The maximum atomic E-state index is 6.41. The third kappa shape index (κ3) is 2.42. The number of halogens is 3. The molecule has 2 aromatic carbocycles. The van der Waals surface area contributed by atoms with E-state index in [1.165, 1.54) is 0 Å². The number of rotatable bonds is 1. The van der Waals surface area contributed by atoms with E-state index in [4.69, 9.17) is 39.8 Å². The van der Waals surface area contributed by atoms with Crippen LogP contribution >= 0.6 is 34.8 Å². The molecule has 1 aromatic heterocycles. The summed E-state index contributed by atoms with van der Waals surface area (Å²) < 4.78 is 1.98. The van der Waals surface area contributed by atoms with Crippen molar-refractivity contribution in [3.63, 3.8) is 0 Å². The molecule has 2 heterocycles. The predicted molar refractivity (Wildman–Crippen MR) is 96.9 cm³/mol. The predicted octanol–water partition coefficient (Wildman–Crippen LogP) is 4.89. The van der Waals surface area contributed by atoms with Gasteiger partial charge in [-0.3, -0.25) is 9.56 Å². The summed E-state index contributed by atoms with van der Waals surface area (Å²) in [5.74, 6) is 1.55. The topological polar surface area (TPSA) is 43.1 Å². The lowest BCUT2D eigenvalue weighted by Gasteiger charge is -2.14. The van der Waals surface area contributed by atoms with E-state index in [9.17, 15) is 0 Å². The van der Waals surface area contributed by atoms with Gasteiger partial charge in [-0.25, -0.2) is 0 Å². The number of aryl methyl sites for hydroxylation is 1. The third-order valence-corrected chi connectivity index (χ3v) is 4.79. The first-order valence-corrected chi connectivity index (χ1v) is 8.39. The van der Waals surface area contributed by atoms with Crippen LogP contribution < -0.4 is 0 Å². The van der Waals surface area contributed by atoms with Gasteiger partial charge >= 0.3 is 0 Å². The van der Waals surface area contributed by atoms with Gasteiger partial charge in [0.05, 0.1) is 21.4 Å². The molecule has 0 atom stereocenters. The fourth-order valence-corrected chi connectivity index (χ4v) is 3.64. The molecule has 0 spiro atoms. The molecule has 7 heteroatoms. The smallest absolute Gasteiger partial charge is 0.159 e. The van der Waals surface area contributed by atoms with E-state index < -0.39 is 0 Å². The molecule has 0 radical (unpaired) electrons. The first kappa shape index (κ1) is 15.6. The van der Waals surface area contributed by atoms with E-state index in [2.05, 4.69) is 10.2 Å². The lowest BCUT2D eigenvalue weighted by atomic mass is 10.00. The highest BCUT2D eigenvalue weighted by Crippen LogP contribution is 2.33. The zero-order valence-electron chi connectivity index (χ0n) is 12.6. The molecule has 0 N–H and O–H groups in total. The molecule has 0 bridgehead atoms. The van der Waals surface area contributed by atoms with Crippen molar-refractivity contribution in [2.45, 2.75) is 13.5 Å². The Kier molecular flexibility index (Phi) is 3.83. The SMILES string of the molecule is Cc1nnc2n1-c1ccc(Cl)cc1C(c1c(Cl)cccc1Cl)=NC2. The summed E-state index contributed by atoms with van der Waals surface area (Å²) in [6.07, 6.45) is 0. The largest absolute Gasteiger partial charge is 0.281 e. The van der Waals surface area contributed by atoms with Crippen molar-refractivity contribution >= 4 is 40.5 Å². The highest BCUT2D eigenvalue weighted by Gasteiger charge is 2.24. The van der Waals surface area contributed by atoms with Gasteiger partial charge in [0.25, 0.3) is 0 Å². The average molecular weight is 378 g/mol. The van der Waals surface area contributed by atoms with Gasteiger partial charge in [-0.05, 0) is 37.3 Å². The summed E-state index contributed by atoms with van der Waals surface area (Å²) in [4.78, 5) is 4.72. The zero-order chi connectivity index (χ0) is 16.8. The summed E-state index contributed by atoms with van der Waals surface area (Å²) in [7, 11) is 0. The Balaban J connectivity index is 2.05. The van der Waals surface area contributed by atoms with E-state index in [0.29, 0.717) is 32.9 Å². The summed E-state index contributed by atoms with van der Waals surface area (Å²) in [6.45, 7) is 2.28. The number of aromatic nitrogens is 3. The number of aliphatic imine (C=N–C) groups is 1. The molecule has 4 rings (SSSR count). The van der Waals surface area contributed by atoms with E-state index in [-0.39, 0.29) is 0 Å². The van der Waals surface area contributed by atoms with Crippen molar-refractivity contribution < 1.29 is 0 Å². The minimum Gasteiger partial charge on any atom is -0.281 e. The highest BCUT2D eigenvalue weighted by molar-refractivity contribution is 6.42. The maximum absolute atomic E-state index is 6.41. The molecule has 3 aromatic rings. The number of nitrogens with zero attached hydrogens (tertiary/aromatic N) is 4. The van der Waals surface area contributed by atoms with Crippen molar-refractivity contribution in [3.8, 4) is 5.69 Å². The van der Waals surface area contributed by atoms with Gasteiger partial charge in [0, 0.05) is 16.1 Å². The minimum absolute atomic E-state index is 0.379. The van der Waals surface area contributed by atoms with Crippen LogP contribution in [0.1, 0.15) is 22.8 Å². The average Bonchev–Trinajstić information content (AvgIpc) is 2.83. The molecule has 0 fully saturated rings. The van der Waals surface area contributed by atoms with Crippen molar-refractivity contribution in [1.29, 1.82) is 0 Å². The molecule has 1 aliphatic heterocycles. The second-order valence-corrected chi connectivity index (χ2v) is 6.67. The molecule has 0 aliphatic carbocycles. The maximum Gasteiger partial charge on any atom is 0.159 e. The van der Waals surface area contributed by atoms with Crippen molar-refractivity contribution in [3.05, 3.63) is 74.2 Å². The zero-order valence-corrected chi connectivity index (χ0v) is 14.9. The summed E-state index contributed by atoms with van der Waals surface area (Å²) in [5, 5.41) is 10.1. The van der Waals surface area contributed by atoms with E-state index in [1.54, 1.807) is 12.1 Å². The van der Waals surface area contributed by atoms with Crippen molar-refractivity contribution in [2.24, 2.45) is 4.99 Å². The molecule has 0 unspecified atom stereocenters. The van der Waals surface area contributed by atoms with E-state index >= 15 is 0 Å². The van der Waals surface area contributed by atoms with Gasteiger partial charge < -0.3 is 0 Å². The monoisotopic (exact) mass is 376 g/mol. The van der Waals surface area contributed by atoms with Gasteiger partial charge in [-0.1, -0.05) is 40.9 Å². The van der Waals surface area contributed by atoms with E-state index in [1.807, 2.05) is 35.8 Å². The summed E-state index contributed by atoms with van der Waals surface area (Å²) in [6, 6.07) is 11.0. The van der Waals surface area contributed by atoms with Crippen LogP contribution in [0, 0.1) is 6.92 Å². The van der Waals surface area contributed by atoms with Gasteiger partial charge in [0.15, 0.2) is 5.82 Å². The van der Waals surface area contributed by atoms with Crippen LogP contribution in [-0.2, 0) is 6.54 Å². The third-order valence-electron chi connectivity index (χ3n) is 3.92. The van der Waals surface area contributed by atoms with E-state index in [0.717, 1.165) is 22.9 Å². The molecule has 120 valence electrons. The fraction of sp³-hybridized carbons (Fsp3) is 0.118. The van der Waals surface area contributed by atoms with Gasteiger partial charge in [-0.15, -0.1) is 10.2 Å². The molecular weight excluding hydrogens is 367 g/mol. The molecular formula is C17H11Cl3N4. The minimum atomic E-state index is 0.379. The molecule has 24 heavy (non-hydrogen) atoms. The summed E-state index contributed by atoms with van der Waals surface area (Å²) >= 11 is 19.1. The molecule has 0 saturated carbocycles. The Labute approximate surface area is 153 Å². The number of hydrogen-bond acceptors (Lipinski definition) is 3. The van der Waals surface area contributed by atoms with Crippen LogP contribution in [0.3, 0.4) is 0 Å². The molecule has 0 amide bonds. The van der Waals surface area contributed by atoms with Crippen LogP contribution in [0.2, 0.25) is 15.1 Å². The second kappa shape index (κ2) is 5.88. The standard InChI is InChI=1S/C17H11Cl3N4/c1-9-22-23-15-8-21-17(16-12(19)3-2-4-13(16)20)11-7-10(18)5-6-14(11)24(9)15/h2-7H,8H2,1H3. The van der Waals surface area contributed by atoms with Crippen LogP contribution in [-0.4, -0.2) is 20.5 Å². The van der Waals surface area contributed by atoms with Crippen LogP contribution in [0.15, 0.2) is 41.4 Å². The first-order chi connectivity index (χ1) is 11.6. The number of hydrogen-bond donors (Lipinski definition) is 0.